The van der Waals surface area contributed by atoms with Gasteiger partial charge < -0.3 is 9.25 Å². The second kappa shape index (κ2) is 7.57. The van der Waals surface area contributed by atoms with Gasteiger partial charge in [-0.25, -0.2) is 0 Å². The van der Waals surface area contributed by atoms with Gasteiger partial charge in [-0.1, -0.05) is 72.2 Å². The van der Waals surface area contributed by atoms with Crippen LogP contribution in [0.15, 0.2) is 109 Å². The van der Waals surface area contributed by atoms with Crippen molar-refractivity contribution in [1.29, 1.82) is 0 Å². The zero-order valence-electron chi connectivity index (χ0n) is 22.1. The maximum absolute atomic E-state index is 7.92. The molecule has 6 nitrogen and oxygen atoms in total. The first-order chi connectivity index (χ1) is 20.8. The Morgan fingerprint density at radius 3 is 2.14 bits per heavy atom. The molecule has 0 aliphatic heterocycles. The summed E-state index contributed by atoms with van der Waals surface area (Å²) in [6, 6.07) is 36.3. The Morgan fingerprint density at radius 2 is 1.31 bits per heavy atom. The first-order valence-corrected chi connectivity index (χ1v) is 13.8. The van der Waals surface area contributed by atoms with Crippen LogP contribution < -0.4 is 0 Å². The summed E-state index contributed by atoms with van der Waals surface area (Å²) >= 11 is 0. The first-order valence-electron chi connectivity index (χ1n) is 13.8. The SMILES string of the molecule is [C-]#[N+]c1nc(-n2c3cc4ccccc4cc3c3cc4c5ccccc5n5c6ccccc6c(c32)c45)nc2cccnc12. The Labute approximate surface area is 237 Å². The molecule has 0 atom stereocenters. The minimum absolute atomic E-state index is 0.249. The van der Waals surface area contributed by atoms with Crippen molar-refractivity contribution in [1.82, 2.24) is 23.9 Å². The first kappa shape index (κ1) is 21.7. The van der Waals surface area contributed by atoms with Gasteiger partial charge in [0.25, 0.3) is 0 Å². The normalized spacial score (nSPS) is 12.3. The molecule has 0 spiro atoms. The summed E-state index contributed by atoms with van der Waals surface area (Å²) in [6.07, 6.45) is 1.68. The topological polar surface area (TPSA) is 52.4 Å². The van der Waals surface area contributed by atoms with E-state index in [0.29, 0.717) is 17.0 Å². The molecule has 5 aromatic carbocycles. The van der Waals surface area contributed by atoms with Gasteiger partial charge in [-0.2, -0.15) is 4.98 Å². The van der Waals surface area contributed by atoms with Crippen LogP contribution in [-0.4, -0.2) is 23.9 Å². The standard InChI is InChI=1S/C36H18N6/c1-37-35-32-27(13-8-16-38-32)39-36(40-35)42-30-18-21-10-3-2-9-20(21)17-24(30)26-19-25-22-11-4-6-14-28(22)41-29-15-7-5-12-23(29)31(33(25)41)34(26)42/h2-19H. The van der Waals surface area contributed by atoms with Gasteiger partial charge in [-0.15, -0.1) is 0 Å². The van der Waals surface area contributed by atoms with Crippen LogP contribution in [0.2, 0.25) is 0 Å². The van der Waals surface area contributed by atoms with Gasteiger partial charge in [-0.05, 0) is 53.2 Å². The monoisotopic (exact) mass is 534 g/mol. The lowest BCUT2D eigenvalue weighted by Crippen LogP contribution is -2.02. The van der Waals surface area contributed by atoms with Crippen molar-refractivity contribution < 1.29 is 0 Å². The number of aromatic nitrogens is 5. The molecule has 0 bridgehead atoms. The molecule has 0 amide bonds. The van der Waals surface area contributed by atoms with Crippen LogP contribution in [0, 0.1) is 6.57 Å². The third kappa shape index (κ3) is 2.56. The average molecular weight is 535 g/mol. The number of para-hydroxylation sites is 2. The molecule has 5 aromatic heterocycles. The van der Waals surface area contributed by atoms with E-state index in [1.54, 1.807) is 6.20 Å². The summed E-state index contributed by atoms with van der Waals surface area (Å²) in [6.45, 7) is 7.92. The van der Waals surface area contributed by atoms with Crippen molar-refractivity contribution in [3.8, 4) is 5.95 Å². The van der Waals surface area contributed by atoms with Crippen LogP contribution in [0.3, 0.4) is 0 Å². The predicted octanol–water partition coefficient (Wildman–Crippen LogP) is 8.98. The van der Waals surface area contributed by atoms with Crippen molar-refractivity contribution in [2.75, 3.05) is 0 Å². The van der Waals surface area contributed by atoms with Crippen LogP contribution in [0.1, 0.15) is 0 Å². The Morgan fingerprint density at radius 1 is 0.595 bits per heavy atom. The molecule has 0 aliphatic rings. The lowest BCUT2D eigenvalue weighted by Gasteiger charge is -2.07. The van der Waals surface area contributed by atoms with Crippen molar-refractivity contribution >= 4 is 87.5 Å². The average Bonchev–Trinajstić information content (AvgIpc) is 3.67. The van der Waals surface area contributed by atoms with Crippen molar-refractivity contribution in [3.05, 3.63) is 121 Å². The highest BCUT2D eigenvalue weighted by atomic mass is 15.2. The summed E-state index contributed by atoms with van der Waals surface area (Å²) < 4.78 is 4.56. The molecular weight excluding hydrogens is 516 g/mol. The molecule has 42 heavy (non-hydrogen) atoms. The van der Waals surface area contributed by atoms with Gasteiger partial charge in [0.1, 0.15) is 5.52 Å². The fourth-order valence-corrected chi connectivity index (χ4v) is 7.01. The summed E-state index contributed by atoms with van der Waals surface area (Å²) in [5.74, 6) is 0.720. The van der Waals surface area contributed by atoms with E-state index < -0.39 is 0 Å². The van der Waals surface area contributed by atoms with Crippen LogP contribution in [0.25, 0.3) is 92.5 Å². The van der Waals surface area contributed by atoms with E-state index in [0.717, 1.165) is 32.6 Å². The minimum Gasteiger partial charge on any atom is -0.359 e. The lowest BCUT2D eigenvalue weighted by molar-refractivity contribution is 1.02. The Balaban J connectivity index is 1.54. The highest BCUT2D eigenvalue weighted by molar-refractivity contribution is 6.34. The van der Waals surface area contributed by atoms with Crippen molar-refractivity contribution in [2.24, 2.45) is 0 Å². The van der Waals surface area contributed by atoms with Crippen molar-refractivity contribution in [3.63, 3.8) is 0 Å². The van der Waals surface area contributed by atoms with E-state index in [1.165, 1.54) is 38.1 Å². The number of pyridine rings is 1. The summed E-state index contributed by atoms with van der Waals surface area (Å²) in [5, 5.41) is 9.37. The van der Waals surface area contributed by atoms with E-state index in [4.69, 9.17) is 16.5 Å². The number of rotatable bonds is 1. The molecular formula is C36H18N6. The molecule has 0 saturated carbocycles. The zero-order valence-corrected chi connectivity index (χ0v) is 22.1. The van der Waals surface area contributed by atoms with Gasteiger partial charge in [-0.3, -0.25) is 9.55 Å². The maximum atomic E-state index is 7.92. The van der Waals surface area contributed by atoms with E-state index in [1.807, 2.05) is 12.1 Å². The molecule has 6 heteroatoms. The largest absolute Gasteiger partial charge is 0.359 e. The lowest BCUT2D eigenvalue weighted by atomic mass is 10.0. The zero-order chi connectivity index (χ0) is 27.5. The number of benzene rings is 5. The summed E-state index contributed by atoms with van der Waals surface area (Å²) in [4.78, 5) is 18.1. The minimum atomic E-state index is 0.249. The van der Waals surface area contributed by atoms with E-state index in [2.05, 4.69) is 110 Å². The molecule has 0 fully saturated rings. The third-order valence-corrected chi connectivity index (χ3v) is 8.69. The molecule has 0 N–H and O–H groups in total. The smallest absolute Gasteiger partial charge is 0.332 e. The molecule has 10 rings (SSSR count). The van der Waals surface area contributed by atoms with Crippen LogP contribution in [0.4, 0.5) is 5.82 Å². The number of nitrogens with zero attached hydrogens (tertiary/aromatic N) is 6. The molecule has 0 radical (unpaired) electrons. The fourth-order valence-electron chi connectivity index (χ4n) is 7.01. The fraction of sp³-hybridized carbons (Fsp3) is 0. The van der Waals surface area contributed by atoms with Gasteiger partial charge in [0.2, 0.25) is 0 Å². The summed E-state index contributed by atoms with van der Waals surface area (Å²) in [5.41, 5.74) is 6.75. The molecule has 10 aromatic rings. The van der Waals surface area contributed by atoms with Crippen LogP contribution in [0.5, 0.6) is 0 Å². The molecule has 0 saturated heterocycles. The van der Waals surface area contributed by atoms with Gasteiger partial charge in [0.15, 0.2) is 0 Å². The summed E-state index contributed by atoms with van der Waals surface area (Å²) in [7, 11) is 0. The second-order valence-electron chi connectivity index (χ2n) is 10.8. The Bertz CT molecular complexity index is 2810. The van der Waals surface area contributed by atoms with Crippen LogP contribution >= 0.6 is 0 Å². The van der Waals surface area contributed by atoms with E-state index in [9.17, 15) is 0 Å². The highest BCUT2D eigenvalue weighted by Gasteiger charge is 2.26. The molecule has 0 unspecified atom stereocenters. The molecule has 5 heterocycles. The van der Waals surface area contributed by atoms with Crippen molar-refractivity contribution in [2.45, 2.75) is 0 Å². The number of fused-ring (bicyclic) bond motifs is 12. The van der Waals surface area contributed by atoms with Crippen LogP contribution in [-0.2, 0) is 0 Å². The Kier molecular flexibility index (Phi) is 3.91. The number of hydrogen-bond donors (Lipinski definition) is 0. The third-order valence-electron chi connectivity index (χ3n) is 8.69. The molecule has 0 aliphatic carbocycles. The predicted molar refractivity (Wildman–Crippen MR) is 170 cm³/mol. The van der Waals surface area contributed by atoms with E-state index >= 15 is 0 Å². The van der Waals surface area contributed by atoms with Gasteiger partial charge in [0, 0.05) is 38.5 Å². The van der Waals surface area contributed by atoms with Gasteiger partial charge in [0.05, 0.1) is 33.1 Å². The highest BCUT2D eigenvalue weighted by Crippen LogP contribution is 2.46. The van der Waals surface area contributed by atoms with E-state index in [-0.39, 0.29) is 5.82 Å². The molecule has 192 valence electrons. The number of hydrogen-bond acceptors (Lipinski definition) is 3. The quantitative estimate of drug-likeness (QED) is 0.198. The van der Waals surface area contributed by atoms with Gasteiger partial charge >= 0.3 is 11.8 Å². The second-order valence-corrected chi connectivity index (χ2v) is 10.8. The maximum Gasteiger partial charge on any atom is 0.332 e. The Hall–Kier alpha value is -6.06.